The second-order valence-corrected chi connectivity index (χ2v) is 6.85. The highest BCUT2D eigenvalue weighted by atomic mass is 16.5. The molecular formula is C22H24N2O7. The summed E-state index contributed by atoms with van der Waals surface area (Å²) in [5, 5.41) is 20.7. The summed E-state index contributed by atoms with van der Waals surface area (Å²) in [5.41, 5.74) is 1.18. The molecular weight excluding hydrogens is 404 g/mol. The first kappa shape index (κ1) is 23.5. The maximum atomic E-state index is 12.6. The first-order valence-corrected chi connectivity index (χ1v) is 9.73. The van der Waals surface area contributed by atoms with Gasteiger partial charge in [0, 0.05) is 6.42 Å². The Hall–Kier alpha value is -3.75. The molecule has 9 nitrogen and oxygen atoms in total. The van der Waals surface area contributed by atoms with Crippen molar-refractivity contribution in [2.45, 2.75) is 44.8 Å². The molecule has 2 rings (SSSR count). The highest BCUT2D eigenvalue weighted by Gasteiger charge is 2.25. The molecule has 0 heterocycles. The van der Waals surface area contributed by atoms with Crippen LogP contribution in [0.4, 0.5) is 4.79 Å². The van der Waals surface area contributed by atoms with Gasteiger partial charge in [0.25, 0.3) is 5.91 Å². The standard InChI is InChI=1S/C22H24N2O7/c25-19(26)12-11-17(24-22(30)31-14-16-9-5-2-6-10-16)20(27)23-18(21(28)29)13-15-7-3-1-4-8-15/h1-3,5-7,9-10,18H,4,8,11-14H2,(H,23,27)(H,25,26)(H,28,29)/b24-17+/t18-/m0/s1. The molecule has 2 amide bonds. The molecule has 9 heteroatoms. The molecule has 1 aromatic carbocycles. The molecule has 0 bridgehead atoms. The zero-order chi connectivity index (χ0) is 22.6. The lowest BCUT2D eigenvalue weighted by molar-refractivity contribution is -0.141. The Labute approximate surface area is 179 Å². The monoisotopic (exact) mass is 428 g/mol. The number of rotatable bonds is 10. The Morgan fingerprint density at radius 2 is 1.84 bits per heavy atom. The lowest BCUT2D eigenvalue weighted by atomic mass is 9.98. The Kier molecular flexibility index (Phi) is 9.15. The van der Waals surface area contributed by atoms with Gasteiger partial charge in [-0.05, 0) is 24.8 Å². The van der Waals surface area contributed by atoms with Crippen LogP contribution in [0.5, 0.6) is 0 Å². The van der Waals surface area contributed by atoms with E-state index in [4.69, 9.17) is 9.84 Å². The largest absolute Gasteiger partial charge is 0.481 e. The van der Waals surface area contributed by atoms with Gasteiger partial charge in [-0.3, -0.25) is 9.59 Å². The van der Waals surface area contributed by atoms with Crippen LogP contribution in [-0.2, 0) is 25.7 Å². The molecule has 31 heavy (non-hydrogen) atoms. The number of hydrogen-bond acceptors (Lipinski definition) is 5. The first-order valence-electron chi connectivity index (χ1n) is 9.73. The van der Waals surface area contributed by atoms with Gasteiger partial charge < -0.3 is 20.3 Å². The van der Waals surface area contributed by atoms with Crippen LogP contribution in [0.25, 0.3) is 0 Å². The number of nitrogens with one attached hydrogen (secondary N) is 1. The minimum atomic E-state index is -1.24. The van der Waals surface area contributed by atoms with Crippen molar-refractivity contribution in [1.82, 2.24) is 5.32 Å². The van der Waals surface area contributed by atoms with E-state index >= 15 is 0 Å². The van der Waals surface area contributed by atoms with E-state index in [0.29, 0.717) is 12.0 Å². The van der Waals surface area contributed by atoms with Crippen molar-refractivity contribution >= 4 is 29.7 Å². The van der Waals surface area contributed by atoms with Gasteiger partial charge in [0.1, 0.15) is 18.4 Å². The average Bonchev–Trinajstić information content (AvgIpc) is 2.75. The maximum Gasteiger partial charge on any atom is 0.434 e. The molecule has 164 valence electrons. The second kappa shape index (κ2) is 12.1. The van der Waals surface area contributed by atoms with E-state index < -0.39 is 42.1 Å². The third kappa shape index (κ3) is 8.65. The minimum absolute atomic E-state index is 0.0730. The van der Waals surface area contributed by atoms with Crippen molar-refractivity contribution in [2.75, 3.05) is 0 Å². The van der Waals surface area contributed by atoms with Gasteiger partial charge in [0.15, 0.2) is 0 Å². The quantitative estimate of drug-likeness (QED) is 0.486. The molecule has 0 saturated heterocycles. The molecule has 1 aliphatic rings. The number of hydrogen-bond donors (Lipinski definition) is 3. The first-order chi connectivity index (χ1) is 14.8. The zero-order valence-electron chi connectivity index (χ0n) is 16.8. The van der Waals surface area contributed by atoms with Gasteiger partial charge in [0.05, 0.1) is 6.42 Å². The van der Waals surface area contributed by atoms with E-state index in [9.17, 15) is 24.3 Å². The van der Waals surface area contributed by atoms with Crippen LogP contribution in [0.15, 0.2) is 59.1 Å². The number of ether oxygens (including phenoxy) is 1. The Morgan fingerprint density at radius 3 is 2.45 bits per heavy atom. The molecule has 0 unspecified atom stereocenters. The van der Waals surface area contributed by atoms with Crippen molar-refractivity contribution in [3.8, 4) is 0 Å². The zero-order valence-corrected chi connectivity index (χ0v) is 16.8. The summed E-state index contributed by atoms with van der Waals surface area (Å²) in [6.07, 6.45) is 5.27. The Balaban J connectivity index is 2.07. The SMILES string of the molecule is O=C(O)CC/C(=N\C(=O)OCc1ccccc1)C(=O)N[C@@H](CC1=CC=CCC1)C(=O)O. The van der Waals surface area contributed by atoms with E-state index in [0.717, 1.165) is 12.0 Å². The Morgan fingerprint density at radius 1 is 1.10 bits per heavy atom. The number of allylic oxidation sites excluding steroid dienone is 3. The van der Waals surface area contributed by atoms with Gasteiger partial charge in [-0.25, -0.2) is 9.59 Å². The van der Waals surface area contributed by atoms with E-state index in [1.54, 1.807) is 36.4 Å². The third-order valence-corrected chi connectivity index (χ3v) is 4.44. The normalized spacial score (nSPS) is 14.3. The smallest absolute Gasteiger partial charge is 0.434 e. The van der Waals surface area contributed by atoms with Crippen LogP contribution >= 0.6 is 0 Å². The lowest BCUT2D eigenvalue weighted by Crippen LogP contribution is -2.44. The van der Waals surface area contributed by atoms with Crippen molar-refractivity contribution in [3.63, 3.8) is 0 Å². The van der Waals surface area contributed by atoms with Gasteiger partial charge in [-0.1, -0.05) is 54.1 Å². The van der Waals surface area contributed by atoms with Crippen molar-refractivity contribution in [2.24, 2.45) is 4.99 Å². The Bertz CT molecular complexity index is 904. The number of aliphatic imine (C=N–C) groups is 1. The molecule has 1 atom stereocenters. The average molecular weight is 428 g/mol. The van der Waals surface area contributed by atoms with Crippen molar-refractivity contribution in [1.29, 1.82) is 0 Å². The van der Waals surface area contributed by atoms with Crippen LogP contribution in [-0.4, -0.2) is 45.9 Å². The highest BCUT2D eigenvalue weighted by molar-refractivity contribution is 6.40. The second-order valence-electron chi connectivity index (χ2n) is 6.85. The number of carboxylic acids is 2. The highest BCUT2D eigenvalue weighted by Crippen LogP contribution is 2.17. The summed E-state index contributed by atoms with van der Waals surface area (Å²) in [6.45, 7) is -0.0730. The third-order valence-electron chi connectivity index (χ3n) is 4.44. The molecule has 0 fully saturated rings. The maximum absolute atomic E-state index is 12.6. The number of nitrogens with zero attached hydrogens (tertiary/aromatic N) is 1. The molecule has 0 spiro atoms. The predicted octanol–water partition coefficient (Wildman–Crippen LogP) is 2.86. The summed E-state index contributed by atoms with van der Waals surface area (Å²) in [6, 6.07) is 7.57. The van der Waals surface area contributed by atoms with Gasteiger partial charge in [0.2, 0.25) is 0 Å². The summed E-state index contributed by atoms with van der Waals surface area (Å²) in [4.78, 5) is 50.7. The minimum Gasteiger partial charge on any atom is -0.481 e. The van der Waals surface area contributed by atoms with Crippen LogP contribution in [0.3, 0.4) is 0 Å². The van der Waals surface area contributed by atoms with Crippen LogP contribution < -0.4 is 5.32 Å². The van der Waals surface area contributed by atoms with E-state index in [1.807, 2.05) is 12.2 Å². The number of amides is 2. The molecule has 0 aromatic heterocycles. The lowest BCUT2D eigenvalue weighted by Gasteiger charge is -2.18. The fraction of sp³-hybridized carbons (Fsp3) is 0.318. The number of carbonyl (C=O) groups excluding carboxylic acids is 2. The molecule has 1 aromatic rings. The van der Waals surface area contributed by atoms with Crippen molar-refractivity contribution < 1.29 is 34.1 Å². The van der Waals surface area contributed by atoms with Crippen LogP contribution in [0.2, 0.25) is 0 Å². The number of aliphatic carboxylic acids is 2. The van der Waals surface area contributed by atoms with Gasteiger partial charge in [-0.15, -0.1) is 0 Å². The summed E-state index contributed by atoms with van der Waals surface area (Å²) >= 11 is 0. The van der Waals surface area contributed by atoms with E-state index in [2.05, 4.69) is 10.3 Å². The molecule has 0 radical (unpaired) electrons. The number of benzene rings is 1. The number of carbonyl (C=O) groups is 4. The van der Waals surface area contributed by atoms with Gasteiger partial charge in [-0.2, -0.15) is 4.99 Å². The van der Waals surface area contributed by atoms with E-state index in [-0.39, 0.29) is 19.4 Å². The summed E-state index contributed by atoms with van der Waals surface area (Å²) in [5.74, 6) is -3.35. The molecule has 0 aliphatic heterocycles. The topological polar surface area (TPSA) is 142 Å². The predicted molar refractivity (Wildman–Crippen MR) is 112 cm³/mol. The molecule has 0 saturated carbocycles. The fourth-order valence-corrected chi connectivity index (χ4v) is 2.83. The number of carboxylic acid groups (broad SMARTS) is 2. The fourth-order valence-electron chi connectivity index (χ4n) is 2.83. The van der Waals surface area contributed by atoms with Crippen LogP contribution in [0.1, 0.15) is 37.7 Å². The van der Waals surface area contributed by atoms with E-state index in [1.165, 1.54) is 0 Å². The van der Waals surface area contributed by atoms with Crippen molar-refractivity contribution in [3.05, 3.63) is 59.7 Å². The summed E-state index contributed by atoms with van der Waals surface area (Å²) in [7, 11) is 0. The van der Waals surface area contributed by atoms with Gasteiger partial charge >= 0.3 is 18.0 Å². The summed E-state index contributed by atoms with van der Waals surface area (Å²) < 4.78 is 5.00. The molecule has 3 N–H and O–H groups in total. The van der Waals surface area contributed by atoms with Crippen LogP contribution in [0, 0.1) is 0 Å². The molecule has 1 aliphatic carbocycles.